The number of hydrogen-bond donors (Lipinski definition) is 2. The second kappa shape index (κ2) is 6.17. The van der Waals surface area contributed by atoms with Crippen molar-refractivity contribution in [1.29, 1.82) is 0 Å². The topological polar surface area (TPSA) is 92.4 Å². The molecule has 6 nitrogen and oxygen atoms in total. The van der Waals surface area contributed by atoms with Crippen molar-refractivity contribution < 1.29 is 19.1 Å². The van der Waals surface area contributed by atoms with Crippen LogP contribution in [0.4, 0.5) is 0 Å². The summed E-state index contributed by atoms with van der Waals surface area (Å²) in [6.45, 7) is 0.395. The Bertz CT molecular complexity index is 694. The van der Waals surface area contributed by atoms with Crippen LogP contribution >= 0.6 is 0 Å². The second-order valence-electron chi connectivity index (χ2n) is 5.73. The zero-order valence-corrected chi connectivity index (χ0v) is 12.1. The van der Waals surface area contributed by atoms with E-state index in [1.165, 1.54) is 6.39 Å². The van der Waals surface area contributed by atoms with Crippen LogP contribution in [0.25, 0.3) is 11.1 Å². The van der Waals surface area contributed by atoms with Crippen LogP contribution in [0.2, 0.25) is 0 Å². The van der Waals surface area contributed by atoms with Gasteiger partial charge in [-0.15, -0.1) is 0 Å². The van der Waals surface area contributed by atoms with Crippen LogP contribution in [-0.2, 0) is 4.79 Å². The molecule has 0 unspecified atom stereocenters. The van der Waals surface area contributed by atoms with Crippen molar-refractivity contribution in [2.75, 3.05) is 6.54 Å². The van der Waals surface area contributed by atoms with Crippen molar-refractivity contribution in [2.24, 2.45) is 11.8 Å². The molecule has 6 heteroatoms. The molecule has 1 amide bonds. The highest BCUT2D eigenvalue weighted by atomic mass is 16.4. The van der Waals surface area contributed by atoms with E-state index in [-0.39, 0.29) is 17.7 Å². The number of benzene rings is 1. The number of fused-ring (bicyclic) bond motifs is 1. The molecule has 0 saturated heterocycles. The third-order valence-corrected chi connectivity index (χ3v) is 4.34. The first-order valence-corrected chi connectivity index (χ1v) is 7.49. The molecule has 0 bridgehead atoms. The number of carbonyl (C=O) groups excluding carboxylic acids is 1. The summed E-state index contributed by atoms with van der Waals surface area (Å²) in [5.41, 5.74) is 1.77. The molecular formula is C16H18N2O4. The summed E-state index contributed by atoms with van der Waals surface area (Å²) < 4.78 is 5.14. The molecule has 22 heavy (non-hydrogen) atoms. The quantitative estimate of drug-likeness (QED) is 0.905. The maximum absolute atomic E-state index is 12.2. The number of nitrogens with one attached hydrogen (secondary N) is 1. The molecule has 1 aliphatic rings. The molecule has 1 aliphatic carbocycles. The first-order chi connectivity index (χ1) is 10.6. The molecule has 0 radical (unpaired) electrons. The Morgan fingerprint density at radius 2 is 2.14 bits per heavy atom. The third-order valence-electron chi connectivity index (χ3n) is 4.34. The number of carboxylic acids is 1. The van der Waals surface area contributed by atoms with Crippen LogP contribution < -0.4 is 5.32 Å². The van der Waals surface area contributed by atoms with Crippen molar-refractivity contribution in [3.05, 3.63) is 30.2 Å². The van der Waals surface area contributed by atoms with Crippen molar-refractivity contribution >= 4 is 23.0 Å². The predicted molar refractivity (Wildman–Crippen MR) is 79.4 cm³/mol. The molecule has 2 atom stereocenters. The lowest BCUT2D eigenvalue weighted by Gasteiger charge is -2.28. The summed E-state index contributed by atoms with van der Waals surface area (Å²) in [7, 11) is 0. The van der Waals surface area contributed by atoms with Gasteiger partial charge in [0.05, 0.1) is 5.92 Å². The van der Waals surface area contributed by atoms with Gasteiger partial charge in [-0.2, -0.15) is 0 Å². The average Bonchev–Trinajstić information content (AvgIpc) is 3.00. The minimum absolute atomic E-state index is 0.00554. The van der Waals surface area contributed by atoms with Crippen LogP contribution in [0.1, 0.15) is 36.0 Å². The van der Waals surface area contributed by atoms with Crippen molar-refractivity contribution in [3.63, 3.8) is 0 Å². The van der Waals surface area contributed by atoms with E-state index in [1.54, 1.807) is 18.2 Å². The molecule has 1 saturated carbocycles. The average molecular weight is 302 g/mol. The second-order valence-corrected chi connectivity index (χ2v) is 5.73. The summed E-state index contributed by atoms with van der Waals surface area (Å²) in [5.74, 6) is -1.32. The number of rotatable bonds is 4. The molecule has 116 valence electrons. The number of carboxylic acid groups (broad SMARTS) is 1. The third kappa shape index (κ3) is 2.95. The number of oxazole rings is 1. The largest absolute Gasteiger partial charge is 0.481 e. The van der Waals surface area contributed by atoms with Crippen molar-refractivity contribution in [3.8, 4) is 0 Å². The number of amides is 1. The minimum Gasteiger partial charge on any atom is -0.481 e. The first kappa shape index (κ1) is 14.6. The SMILES string of the molecule is O=C(NC[C@@H]1CCCC[C@@H]1C(=O)O)c1ccc2ocnc2c1. The van der Waals surface area contributed by atoms with Gasteiger partial charge < -0.3 is 14.8 Å². The van der Waals surface area contributed by atoms with Crippen LogP contribution in [-0.4, -0.2) is 28.5 Å². The highest BCUT2D eigenvalue weighted by molar-refractivity contribution is 5.97. The Balaban J connectivity index is 1.64. The fraction of sp³-hybridized carbons (Fsp3) is 0.438. The van der Waals surface area contributed by atoms with Gasteiger partial charge in [-0.3, -0.25) is 9.59 Å². The lowest BCUT2D eigenvalue weighted by molar-refractivity contribution is -0.144. The monoisotopic (exact) mass is 302 g/mol. The Morgan fingerprint density at radius 1 is 1.32 bits per heavy atom. The lowest BCUT2D eigenvalue weighted by atomic mass is 9.79. The summed E-state index contributed by atoms with van der Waals surface area (Å²) in [6, 6.07) is 5.06. The zero-order chi connectivity index (χ0) is 15.5. The van der Waals surface area contributed by atoms with E-state index in [1.807, 2.05) is 0 Å². The molecule has 1 heterocycles. The number of aliphatic carboxylic acids is 1. The van der Waals surface area contributed by atoms with Crippen molar-refractivity contribution in [2.45, 2.75) is 25.7 Å². The van der Waals surface area contributed by atoms with E-state index in [0.717, 1.165) is 19.3 Å². The number of hydrogen-bond acceptors (Lipinski definition) is 4. The van der Waals surface area contributed by atoms with Gasteiger partial charge in [0, 0.05) is 12.1 Å². The van der Waals surface area contributed by atoms with Gasteiger partial charge in [-0.1, -0.05) is 12.8 Å². The zero-order valence-electron chi connectivity index (χ0n) is 12.1. The Kier molecular flexibility index (Phi) is 4.09. The van der Waals surface area contributed by atoms with Gasteiger partial charge in [0.2, 0.25) is 0 Å². The van der Waals surface area contributed by atoms with Crippen LogP contribution in [0.5, 0.6) is 0 Å². The molecule has 2 N–H and O–H groups in total. The van der Waals surface area contributed by atoms with E-state index >= 15 is 0 Å². The van der Waals surface area contributed by atoms with Gasteiger partial charge in [-0.05, 0) is 37.0 Å². The molecule has 1 aromatic heterocycles. The summed E-state index contributed by atoms with van der Waals surface area (Å²) >= 11 is 0. The standard InChI is InChI=1S/C16H18N2O4/c19-15(10-5-6-14-13(7-10)18-9-22-14)17-8-11-3-1-2-4-12(11)16(20)21/h5-7,9,11-12H,1-4,8H2,(H,17,19)(H,20,21)/t11-,12-/m0/s1. The summed E-state index contributed by atoms with van der Waals surface area (Å²) in [4.78, 5) is 27.5. The van der Waals surface area contributed by atoms with Crippen LogP contribution in [0.15, 0.2) is 29.0 Å². The van der Waals surface area contributed by atoms with Gasteiger partial charge in [0.1, 0.15) is 5.52 Å². The predicted octanol–water partition coefficient (Wildman–Crippen LogP) is 2.45. The summed E-state index contributed by atoms with van der Waals surface area (Å²) in [5, 5.41) is 12.1. The lowest BCUT2D eigenvalue weighted by Crippen LogP contribution is -2.37. The molecule has 0 spiro atoms. The number of carbonyl (C=O) groups is 2. The molecule has 2 aromatic rings. The summed E-state index contributed by atoms with van der Waals surface area (Å²) in [6.07, 6.45) is 4.85. The fourth-order valence-corrected chi connectivity index (χ4v) is 3.10. The van der Waals surface area contributed by atoms with Crippen LogP contribution in [0.3, 0.4) is 0 Å². The van der Waals surface area contributed by atoms with E-state index in [4.69, 9.17) is 4.42 Å². The van der Waals surface area contributed by atoms with E-state index in [0.29, 0.717) is 29.6 Å². The molecule has 0 aliphatic heterocycles. The highest BCUT2D eigenvalue weighted by Gasteiger charge is 2.30. The number of nitrogens with zero attached hydrogens (tertiary/aromatic N) is 1. The smallest absolute Gasteiger partial charge is 0.306 e. The Labute approximate surface area is 127 Å². The first-order valence-electron chi connectivity index (χ1n) is 7.49. The molecule has 1 fully saturated rings. The Morgan fingerprint density at radius 3 is 2.95 bits per heavy atom. The molecular weight excluding hydrogens is 284 g/mol. The van der Waals surface area contributed by atoms with Crippen molar-refractivity contribution in [1.82, 2.24) is 10.3 Å². The van der Waals surface area contributed by atoms with Gasteiger partial charge in [-0.25, -0.2) is 4.98 Å². The van der Waals surface area contributed by atoms with Crippen LogP contribution in [0, 0.1) is 11.8 Å². The normalized spacial score (nSPS) is 21.6. The van der Waals surface area contributed by atoms with E-state index < -0.39 is 5.97 Å². The maximum atomic E-state index is 12.2. The van der Waals surface area contributed by atoms with E-state index in [9.17, 15) is 14.7 Å². The maximum Gasteiger partial charge on any atom is 0.306 e. The number of aromatic nitrogens is 1. The fourth-order valence-electron chi connectivity index (χ4n) is 3.10. The highest BCUT2D eigenvalue weighted by Crippen LogP contribution is 2.29. The minimum atomic E-state index is -0.761. The molecule has 3 rings (SSSR count). The van der Waals surface area contributed by atoms with E-state index in [2.05, 4.69) is 10.3 Å². The Hall–Kier alpha value is -2.37. The van der Waals surface area contributed by atoms with Gasteiger partial charge in [0.15, 0.2) is 12.0 Å². The van der Waals surface area contributed by atoms with Gasteiger partial charge >= 0.3 is 5.97 Å². The molecule has 1 aromatic carbocycles. The van der Waals surface area contributed by atoms with Gasteiger partial charge in [0.25, 0.3) is 5.91 Å².